The maximum atomic E-state index is 12.4. The number of rotatable bonds is 9. The van der Waals surface area contributed by atoms with E-state index in [2.05, 4.69) is 10.8 Å². The van der Waals surface area contributed by atoms with Crippen molar-refractivity contribution in [2.75, 3.05) is 6.61 Å². The van der Waals surface area contributed by atoms with E-state index in [1.165, 1.54) is 0 Å². The Morgan fingerprint density at radius 3 is 2.13 bits per heavy atom. The number of hydrogen-bond acceptors (Lipinski definition) is 5. The Hall–Kier alpha value is -3.39. The topological polar surface area (TPSA) is 114 Å². The second kappa shape index (κ2) is 10.1. The van der Waals surface area contributed by atoms with Gasteiger partial charge in [-0.25, -0.2) is 10.3 Å². The molecule has 164 valence electrons. The lowest BCUT2D eigenvalue weighted by Crippen LogP contribution is -2.47. The van der Waals surface area contributed by atoms with Gasteiger partial charge in [-0.2, -0.15) is 0 Å². The predicted octanol–water partition coefficient (Wildman–Crippen LogP) is 3.21. The van der Waals surface area contributed by atoms with Gasteiger partial charge in [0.15, 0.2) is 0 Å². The summed E-state index contributed by atoms with van der Waals surface area (Å²) in [6.07, 6.45) is -1.44. The molecule has 1 unspecified atom stereocenters. The molecular formula is C23H26N2O6. The van der Waals surface area contributed by atoms with E-state index in [1.807, 2.05) is 48.5 Å². The summed E-state index contributed by atoms with van der Waals surface area (Å²) in [6.45, 7) is 3.55. The van der Waals surface area contributed by atoms with Crippen molar-refractivity contribution in [3.63, 3.8) is 0 Å². The van der Waals surface area contributed by atoms with Crippen molar-refractivity contribution in [3.05, 3.63) is 59.7 Å². The van der Waals surface area contributed by atoms with Crippen molar-refractivity contribution in [2.24, 2.45) is 0 Å². The summed E-state index contributed by atoms with van der Waals surface area (Å²) in [6, 6.07) is 14.8. The van der Waals surface area contributed by atoms with Gasteiger partial charge in [0.05, 0.1) is 6.10 Å². The van der Waals surface area contributed by atoms with Gasteiger partial charge >= 0.3 is 12.1 Å². The first kappa shape index (κ1) is 22.3. The first-order valence-electron chi connectivity index (χ1n) is 10.2. The monoisotopic (exact) mass is 426 g/mol. The Bertz CT molecular complexity index is 913. The number of aliphatic carboxylic acids is 1. The molecule has 3 rings (SSSR count). The molecule has 8 nitrogen and oxygen atoms in total. The van der Waals surface area contributed by atoms with Crippen LogP contribution < -0.4 is 10.8 Å². The molecule has 0 heterocycles. The molecule has 0 fully saturated rings. The number of carbonyl (C=O) groups excluding carboxylic acids is 2. The van der Waals surface area contributed by atoms with Crippen LogP contribution in [0.2, 0.25) is 0 Å². The summed E-state index contributed by atoms with van der Waals surface area (Å²) in [4.78, 5) is 40.7. The molecule has 0 aliphatic heterocycles. The number of benzene rings is 2. The second-order valence-corrected chi connectivity index (χ2v) is 7.59. The van der Waals surface area contributed by atoms with Crippen LogP contribution in [0.4, 0.5) is 4.79 Å². The average Bonchev–Trinajstić information content (AvgIpc) is 3.07. The fourth-order valence-corrected chi connectivity index (χ4v) is 3.57. The van der Waals surface area contributed by atoms with E-state index in [0.29, 0.717) is 0 Å². The molecule has 1 aliphatic carbocycles. The zero-order valence-electron chi connectivity index (χ0n) is 17.5. The lowest BCUT2D eigenvalue weighted by molar-refractivity contribution is -0.140. The van der Waals surface area contributed by atoms with Gasteiger partial charge in [-0.15, -0.1) is 0 Å². The zero-order chi connectivity index (χ0) is 22.4. The van der Waals surface area contributed by atoms with E-state index in [1.54, 1.807) is 13.8 Å². The lowest BCUT2D eigenvalue weighted by Gasteiger charge is -2.19. The van der Waals surface area contributed by atoms with Crippen LogP contribution in [0.3, 0.4) is 0 Å². The fourth-order valence-electron chi connectivity index (χ4n) is 3.57. The minimum atomic E-state index is -1.09. The molecule has 1 atom stereocenters. The summed E-state index contributed by atoms with van der Waals surface area (Å²) in [5, 5.41) is 11.4. The Kier molecular flexibility index (Phi) is 7.25. The maximum absolute atomic E-state index is 12.4. The summed E-state index contributed by atoms with van der Waals surface area (Å²) in [7, 11) is 0. The van der Waals surface area contributed by atoms with E-state index in [-0.39, 0.29) is 31.5 Å². The largest absolute Gasteiger partial charge is 0.481 e. The van der Waals surface area contributed by atoms with Crippen molar-refractivity contribution < 1.29 is 29.1 Å². The molecule has 8 heteroatoms. The van der Waals surface area contributed by atoms with Crippen LogP contribution in [0.1, 0.15) is 43.7 Å². The third-order valence-electron chi connectivity index (χ3n) is 4.99. The Morgan fingerprint density at radius 1 is 1.00 bits per heavy atom. The predicted molar refractivity (Wildman–Crippen MR) is 113 cm³/mol. The number of ether oxygens (including phenoxy) is 1. The number of hydrogen-bond donors (Lipinski definition) is 3. The molecule has 31 heavy (non-hydrogen) atoms. The summed E-state index contributed by atoms with van der Waals surface area (Å²) < 4.78 is 5.43. The number of alkyl carbamates (subject to hydrolysis) is 1. The highest BCUT2D eigenvalue weighted by atomic mass is 16.7. The molecule has 2 aromatic rings. The number of carboxylic acids is 1. The first-order valence-corrected chi connectivity index (χ1v) is 10.2. The molecule has 3 N–H and O–H groups in total. The molecular weight excluding hydrogens is 400 g/mol. The molecule has 1 aliphatic rings. The molecule has 0 aromatic heterocycles. The smallest absolute Gasteiger partial charge is 0.407 e. The SMILES string of the molecule is CC(C)ONC(=O)C(CCC(=O)O)NC(=O)OCC1c2ccccc2-c2ccccc21. The van der Waals surface area contributed by atoms with E-state index < -0.39 is 24.0 Å². The van der Waals surface area contributed by atoms with Gasteiger partial charge in [0.25, 0.3) is 5.91 Å². The number of amides is 2. The second-order valence-electron chi connectivity index (χ2n) is 7.59. The average molecular weight is 426 g/mol. The molecule has 0 spiro atoms. The van der Waals surface area contributed by atoms with Gasteiger partial charge in [0.1, 0.15) is 12.6 Å². The zero-order valence-corrected chi connectivity index (χ0v) is 17.5. The summed E-state index contributed by atoms with van der Waals surface area (Å²) in [5.74, 6) is -1.82. The minimum Gasteiger partial charge on any atom is -0.481 e. The molecule has 0 saturated heterocycles. The lowest BCUT2D eigenvalue weighted by atomic mass is 9.98. The van der Waals surface area contributed by atoms with Crippen LogP contribution in [-0.4, -0.2) is 41.8 Å². The van der Waals surface area contributed by atoms with Crippen LogP contribution in [0.5, 0.6) is 0 Å². The van der Waals surface area contributed by atoms with Crippen molar-refractivity contribution >= 4 is 18.0 Å². The molecule has 2 amide bonds. The van der Waals surface area contributed by atoms with Crippen LogP contribution in [0, 0.1) is 0 Å². The van der Waals surface area contributed by atoms with Gasteiger partial charge < -0.3 is 15.2 Å². The van der Waals surface area contributed by atoms with Gasteiger partial charge in [-0.05, 0) is 42.5 Å². The van der Waals surface area contributed by atoms with E-state index in [4.69, 9.17) is 14.7 Å². The van der Waals surface area contributed by atoms with Gasteiger partial charge in [-0.3, -0.25) is 14.4 Å². The minimum absolute atomic E-state index is 0.0905. The van der Waals surface area contributed by atoms with Gasteiger partial charge in [0, 0.05) is 12.3 Å². The molecule has 0 bridgehead atoms. The number of nitrogens with one attached hydrogen (secondary N) is 2. The van der Waals surface area contributed by atoms with E-state index >= 15 is 0 Å². The Morgan fingerprint density at radius 2 is 1.58 bits per heavy atom. The van der Waals surface area contributed by atoms with E-state index in [9.17, 15) is 14.4 Å². The van der Waals surface area contributed by atoms with Crippen LogP contribution in [0.25, 0.3) is 11.1 Å². The first-order chi connectivity index (χ1) is 14.9. The van der Waals surface area contributed by atoms with Crippen LogP contribution >= 0.6 is 0 Å². The maximum Gasteiger partial charge on any atom is 0.407 e. The van der Waals surface area contributed by atoms with Crippen molar-refractivity contribution in [1.82, 2.24) is 10.8 Å². The highest BCUT2D eigenvalue weighted by Gasteiger charge is 2.30. The number of fused-ring (bicyclic) bond motifs is 3. The summed E-state index contributed by atoms with van der Waals surface area (Å²) >= 11 is 0. The number of carbonyl (C=O) groups is 3. The van der Waals surface area contributed by atoms with Crippen molar-refractivity contribution in [3.8, 4) is 11.1 Å². The normalized spacial score (nSPS) is 13.3. The third-order valence-corrected chi connectivity index (χ3v) is 4.99. The summed E-state index contributed by atoms with van der Waals surface area (Å²) in [5.41, 5.74) is 6.59. The van der Waals surface area contributed by atoms with Crippen molar-refractivity contribution in [2.45, 2.75) is 44.8 Å². The highest BCUT2D eigenvalue weighted by molar-refractivity contribution is 5.85. The molecule has 2 aromatic carbocycles. The van der Waals surface area contributed by atoms with Crippen molar-refractivity contribution in [1.29, 1.82) is 0 Å². The fraction of sp³-hybridized carbons (Fsp3) is 0.348. The van der Waals surface area contributed by atoms with E-state index in [0.717, 1.165) is 22.3 Å². The van der Waals surface area contributed by atoms with Gasteiger partial charge in [0.2, 0.25) is 0 Å². The Balaban J connectivity index is 1.64. The van der Waals surface area contributed by atoms with Crippen LogP contribution in [-0.2, 0) is 19.2 Å². The Labute approximate surface area is 180 Å². The number of hydroxylamine groups is 1. The van der Waals surface area contributed by atoms with Gasteiger partial charge in [-0.1, -0.05) is 48.5 Å². The highest BCUT2D eigenvalue weighted by Crippen LogP contribution is 2.44. The third kappa shape index (κ3) is 5.61. The quantitative estimate of drug-likeness (QED) is 0.531. The van der Waals surface area contributed by atoms with Crippen LogP contribution in [0.15, 0.2) is 48.5 Å². The number of carboxylic acid groups (broad SMARTS) is 1. The molecule has 0 saturated carbocycles. The molecule has 0 radical (unpaired) electrons. The standard InChI is InChI=1S/C23H26N2O6/c1-14(2)31-25-22(28)20(11-12-21(26)27)24-23(29)30-13-19-17-9-5-3-7-15(17)16-8-4-6-10-18(16)19/h3-10,14,19-20H,11-13H2,1-2H3,(H,24,29)(H,25,28)(H,26,27).